The molecule has 9 nitrogen and oxygen atoms in total. The molecule has 0 bridgehead atoms. The van der Waals surface area contributed by atoms with Crippen LogP contribution in [-0.4, -0.2) is 51.1 Å². The van der Waals surface area contributed by atoms with E-state index in [4.69, 9.17) is 15.6 Å². The summed E-state index contributed by atoms with van der Waals surface area (Å²) in [5.41, 5.74) is 6.35. The Bertz CT molecular complexity index is 1910. The van der Waals surface area contributed by atoms with Gasteiger partial charge in [-0.05, 0) is 66.4 Å². The quantitative estimate of drug-likeness (QED) is 0.0859. The average molecular weight is 614 g/mol. The lowest BCUT2D eigenvalue weighted by Gasteiger charge is -2.26. The van der Waals surface area contributed by atoms with Gasteiger partial charge in [-0.2, -0.15) is 0 Å². The van der Waals surface area contributed by atoms with E-state index in [2.05, 4.69) is 51.5 Å². The summed E-state index contributed by atoms with van der Waals surface area (Å²) < 4.78 is 5.24. The van der Waals surface area contributed by atoms with E-state index in [1.165, 1.54) is 16.5 Å². The molecular formula is C37H39N7O2. The molecule has 6 aromatic rings. The van der Waals surface area contributed by atoms with E-state index < -0.39 is 0 Å². The van der Waals surface area contributed by atoms with Crippen LogP contribution in [0.15, 0.2) is 110 Å². The van der Waals surface area contributed by atoms with Crippen LogP contribution in [0.25, 0.3) is 21.8 Å². The number of amides is 1. The third-order valence-corrected chi connectivity index (χ3v) is 7.77. The third kappa shape index (κ3) is 8.26. The van der Waals surface area contributed by atoms with Gasteiger partial charge in [0.2, 0.25) is 5.91 Å². The van der Waals surface area contributed by atoms with Crippen molar-refractivity contribution < 1.29 is 9.53 Å². The van der Waals surface area contributed by atoms with Crippen LogP contribution in [0.2, 0.25) is 0 Å². The Kier molecular flexibility index (Phi) is 10.6. The van der Waals surface area contributed by atoms with Gasteiger partial charge in [0.05, 0.1) is 26.6 Å². The highest BCUT2D eigenvalue weighted by Crippen LogP contribution is 2.20. The number of ether oxygens (including phenoxy) is 1. The van der Waals surface area contributed by atoms with Crippen molar-refractivity contribution in [3.63, 3.8) is 0 Å². The molecule has 0 atom stereocenters. The van der Waals surface area contributed by atoms with Gasteiger partial charge in [-0.3, -0.25) is 20.6 Å². The van der Waals surface area contributed by atoms with Crippen molar-refractivity contribution in [1.29, 1.82) is 10.8 Å². The Labute approximate surface area is 268 Å². The van der Waals surface area contributed by atoms with Gasteiger partial charge >= 0.3 is 0 Å². The molecule has 0 aliphatic carbocycles. The van der Waals surface area contributed by atoms with E-state index in [9.17, 15) is 4.79 Å². The number of aryl methyl sites for hydroxylation is 2. The van der Waals surface area contributed by atoms with Crippen LogP contribution in [0.3, 0.4) is 0 Å². The average Bonchev–Trinajstić information content (AvgIpc) is 3.69. The fourth-order valence-corrected chi connectivity index (χ4v) is 5.22. The van der Waals surface area contributed by atoms with Gasteiger partial charge in [-0.15, -0.1) is 0 Å². The summed E-state index contributed by atoms with van der Waals surface area (Å²) in [6.07, 6.45) is 6.93. The Balaban J connectivity index is 0.000000350. The van der Waals surface area contributed by atoms with Crippen molar-refractivity contribution in [2.24, 2.45) is 0 Å². The van der Waals surface area contributed by atoms with Crippen LogP contribution in [0.5, 0.6) is 5.75 Å². The topological polar surface area (TPSA) is 134 Å². The molecule has 1 amide bonds. The number of hydrogen-bond acceptors (Lipinski definition) is 5. The number of para-hydroxylation sites is 2. The maximum absolute atomic E-state index is 12.4. The molecule has 0 aliphatic heterocycles. The molecule has 6 rings (SSSR count). The Hall–Kier alpha value is -5.70. The van der Waals surface area contributed by atoms with E-state index >= 15 is 0 Å². The number of carbonyl (C=O) groups excluding carboxylic acids is 1. The first-order valence-electron chi connectivity index (χ1n) is 15.2. The van der Waals surface area contributed by atoms with Gasteiger partial charge in [0, 0.05) is 52.5 Å². The van der Waals surface area contributed by atoms with Crippen molar-refractivity contribution in [2.45, 2.75) is 32.7 Å². The van der Waals surface area contributed by atoms with E-state index in [-0.39, 0.29) is 24.7 Å². The number of aromatic nitrogens is 3. The fraction of sp³-hybridized carbons (Fsp3) is 0.189. The molecular weight excluding hydrogens is 574 g/mol. The molecule has 46 heavy (non-hydrogen) atoms. The van der Waals surface area contributed by atoms with Gasteiger partial charge in [0.15, 0.2) is 0 Å². The largest absolute Gasteiger partial charge is 0.497 e. The number of pyridine rings is 1. The minimum Gasteiger partial charge on any atom is -0.497 e. The number of fused-ring (bicyclic) bond motifs is 2. The first-order chi connectivity index (χ1) is 22.4. The lowest BCUT2D eigenvalue weighted by molar-refractivity contribution is -0.120. The standard InChI is InChI=1S/C28H30N6O2.C9H9N/c1-36-23-12-9-20(10-13-23)19-34(27(30)18-33-28(35)16-22-6-4-5-15-31-22)26(29)14-11-21-17-32-25-8-3-2-7-24(21)25;1-7-6-10-9-5-3-2-4-8(7)9/h2-10,12-13,15,17,29-30,32H,11,14,16,18-19H2,1H3,(H,33,35);2-6,10H,1H3. The smallest absolute Gasteiger partial charge is 0.226 e. The molecule has 0 aliphatic rings. The number of carbonyl (C=O) groups is 1. The minimum atomic E-state index is -0.215. The zero-order chi connectivity index (χ0) is 32.3. The van der Waals surface area contributed by atoms with Gasteiger partial charge in [0.25, 0.3) is 0 Å². The van der Waals surface area contributed by atoms with Crippen LogP contribution in [-0.2, 0) is 24.2 Å². The number of rotatable bonds is 10. The summed E-state index contributed by atoms with van der Waals surface area (Å²) in [4.78, 5) is 24.7. The first-order valence-corrected chi connectivity index (χ1v) is 15.2. The van der Waals surface area contributed by atoms with Crippen molar-refractivity contribution in [3.8, 4) is 5.75 Å². The second-order valence-corrected chi connectivity index (χ2v) is 11.0. The summed E-state index contributed by atoms with van der Waals surface area (Å²) in [7, 11) is 1.62. The molecule has 3 aromatic carbocycles. The van der Waals surface area contributed by atoms with Crippen LogP contribution in [0.1, 0.15) is 28.8 Å². The summed E-state index contributed by atoms with van der Waals surface area (Å²) in [5, 5.41) is 22.8. The number of H-pyrrole nitrogens is 2. The SMILES string of the molecule is COc1ccc(CN(C(=N)CCc2c[nH]c3ccccc23)C(=N)CNC(=O)Cc2ccccn2)cc1.Cc1c[nH]c2ccccc12. The summed E-state index contributed by atoms with van der Waals surface area (Å²) in [6, 6.07) is 29.4. The number of aromatic amines is 2. The summed E-state index contributed by atoms with van der Waals surface area (Å²) in [5.74, 6) is 1.01. The second kappa shape index (κ2) is 15.3. The number of nitrogens with zero attached hydrogens (tertiary/aromatic N) is 2. The monoisotopic (exact) mass is 613 g/mol. The van der Waals surface area contributed by atoms with E-state index in [0.717, 1.165) is 27.8 Å². The molecule has 0 saturated heterocycles. The third-order valence-electron chi connectivity index (χ3n) is 7.77. The number of amidine groups is 2. The molecule has 3 heterocycles. The molecule has 9 heteroatoms. The maximum atomic E-state index is 12.4. The Morgan fingerprint density at radius 2 is 1.52 bits per heavy atom. The predicted molar refractivity (Wildman–Crippen MR) is 185 cm³/mol. The van der Waals surface area contributed by atoms with Gasteiger partial charge in [0.1, 0.15) is 17.4 Å². The molecule has 0 fully saturated rings. The van der Waals surface area contributed by atoms with E-state index in [1.807, 2.05) is 67.0 Å². The lowest BCUT2D eigenvalue weighted by atomic mass is 10.1. The maximum Gasteiger partial charge on any atom is 0.226 e. The summed E-state index contributed by atoms with van der Waals surface area (Å²) >= 11 is 0. The molecule has 0 saturated carbocycles. The van der Waals surface area contributed by atoms with Crippen LogP contribution >= 0.6 is 0 Å². The minimum absolute atomic E-state index is 0.0251. The van der Waals surface area contributed by atoms with Crippen LogP contribution in [0, 0.1) is 17.7 Å². The van der Waals surface area contributed by atoms with Crippen molar-refractivity contribution >= 4 is 39.4 Å². The van der Waals surface area contributed by atoms with Crippen LogP contribution < -0.4 is 10.1 Å². The number of methoxy groups -OCH3 is 1. The summed E-state index contributed by atoms with van der Waals surface area (Å²) in [6.45, 7) is 2.49. The zero-order valence-corrected chi connectivity index (χ0v) is 26.1. The normalized spacial score (nSPS) is 10.7. The van der Waals surface area contributed by atoms with Crippen molar-refractivity contribution in [3.05, 3.63) is 132 Å². The van der Waals surface area contributed by atoms with E-state index in [0.29, 0.717) is 30.9 Å². The van der Waals surface area contributed by atoms with E-state index in [1.54, 1.807) is 30.3 Å². The van der Waals surface area contributed by atoms with Gasteiger partial charge in [-0.25, -0.2) is 0 Å². The number of hydrogen-bond donors (Lipinski definition) is 5. The fourth-order valence-electron chi connectivity index (χ4n) is 5.22. The van der Waals surface area contributed by atoms with Gasteiger partial charge < -0.3 is 24.9 Å². The Morgan fingerprint density at radius 3 is 2.22 bits per heavy atom. The number of nitrogens with one attached hydrogen (secondary N) is 5. The lowest BCUT2D eigenvalue weighted by Crippen LogP contribution is -2.43. The van der Waals surface area contributed by atoms with Gasteiger partial charge in [-0.1, -0.05) is 54.6 Å². The Morgan fingerprint density at radius 1 is 0.848 bits per heavy atom. The molecule has 5 N–H and O–H groups in total. The highest BCUT2D eigenvalue weighted by atomic mass is 16.5. The first kappa shape index (κ1) is 31.7. The molecule has 0 spiro atoms. The highest BCUT2D eigenvalue weighted by Gasteiger charge is 2.18. The van der Waals surface area contributed by atoms with Crippen LogP contribution in [0.4, 0.5) is 0 Å². The molecule has 0 radical (unpaired) electrons. The highest BCUT2D eigenvalue weighted by molar-refractivity contribution is 6.00. The molecule has 0 unspecified atom stereocenters. The molecule has 234 valence electrons. The predicted octanol–water partition coefficient (Wildman–Crippen LogP) is 6.80. The molecule has 3 aromatic heterocycles. The second-order valence-electron chi connectivity index (χ2n) is 11.0. The van der Waals surface area contributed by atoms with Crippen molar-refractivity contribution in [1.82, 2.24) is 25.2 Å². The number of benzene rings is 3. The zero-order valence-electron chi connectivity index (χ0n) is 26.1. The van der Waals surface area contributed by atoms with Crippen molar-refractivity contribution in [2.75, 3.05) is 13.7 Å².